The molecule has 3 aromatic rings. The zero-order chi connectivity index (χ0) is 16.0. The Kier molecular flexibility index (Phi) is 3.31. The predicted octanol–water partition coefficient (Wildman–Crippen LogP) is 3.33. The van der Waals surface area contributed by atoms with Gasteiger partial charge in [-0.1, -0.05) is 29.8 Å². The van der Waals surface area contributed by atoms with Crippen molar-refractivity contribution in [2.45, 2.75) is 18.8 Å². The number of nitrogens with one attached hydrogen (secondary N) is 1. The number of hydrogen-bond donors (Lipinski definition) is 1. The van der Waals surface area contributed by atoms with Crippen LogP contribution in [0.5, 0.6) is 0 Å². The summed E-state index contributed by atoms with van der Waals surface area (Å²) in [5.41, 5.74) is 2.75. The third-order valence-corrected chi connectivity index (χ3v) is 4.48. The third kappa shape index (κ3) is 2.37. The highest BCUT2D eigenvalue weighted by molar-refractivity contribution is 6.33. The van der Waals surface area contributed by atoms with Crippen LogP contribution < -0.4 is 10.9 Å². The van der Waals surface area contributed by atoms with E-state index in [1.54, 1.807) is 17.6 Å². The molecule has 1 N–H and O–H groups in total. The van der Waals surface area contributed by atoms with Gasteiger partial charge in [0, 0.05) is 17.6 Å². The molecule has 4 rings (SSSR count). The Balaban J connectivity index is 2.09. The third-order valence-electron chi connectivity index (χ3n) is 4.15. The standard InChI is InChI=1S/C17H15ClN4O/c1-19-17-21-16(23)15(12-4-2-3-5-13(12)18)14-8-11(10-6-7-10)9-20-22(14)17/h2-5,8-10H,6-7H2,1H3,(H,19,21,23). The maximum atomic E-state index is 12.6. The lowest BCUT2D eigenvalue weighted by Crippen LogP contribution is -2.18. The van der Waals surface area contributed by atoms with Gasteiger partial charge in [-0.25, -0.2) is 0 Å². The first-order chi connectivity index (χ1) is 11.2. The van der Waals surface area contributed by atoms with E-state index in [1.165, 1.54) is 12.8 Å². The average Bonchev–Trinajstić information content (AvgIpc) is 3.40. The van der Waals surface area contributed by atoms with Crippen molar-refractivity contribution in [3.8, 4) is 11.1 Å². The van der Waals surface area contributed by atoms with Crippen LogP contribution in [0.15, 0.2) is 41.3 Å². The summed E-state index contributed by atoms with van der Waals surface area (Å²) >= 11 is 6.31. The zero-order valence-electron chi connectivity index (χ0n) is 12.6. The lowest BCUT2D eigenvalue weighted by molar-refractivity contribution is 0.874. The van der Waals surface area contributed by atoms with Crippen molar-refractivity contribution in [1.82, 2.24) is 14.6 Å². The van der Waals surface area contributed by atoms with Gasteiger partial charge in [-0.2, -0.15) is 14.6 Å². The van der Waals surface area contributed by atoms with Crippen LogP contribution in [0.1, 0.15) is 24.3 Å². The molecule has 1 aliphatic carbocycles. The Hall–Kier alpha value is -2.40. The van der Waals surface area contributed by atoms with Crippen LogP contribution in [0, 0.1) is 0 Å². The predicted molar refractivity (Wildman–Crippen MR) is 91.2 cm³/mol. The zero-order valence-corrected chi connectivity index (χ0v) is 13.3. The van der Waals surface area contributed by atoms with Gasteiger partial charge in [0.2, 0.25) is 5.95 Å². The summed E-state index contributed by atoms with van der Waals surface area (Å²) in [7, 11) is 1.72. The second kappa shape index (κ2) is 5.35. The number of fused-ring (bicyclic) bond motifs is 1. The largest absolute Gasteiger partial charge is 0.357 e. The van der Waals surface area contributed by atoms with Crippen molar-refractivity contribution in [3.63, 3.8) is 0 Å². The Morgan fingerprint density at radius 2 is 2.09 bits per heavy atom. The van der Waals surface area contributed by atoms with Crippen molar-refractivity contribution in [3.05, 3.63) is 57.5 Å². The molecule has 23 heavy (non-hydrogen) atoms. The minimum atomic E-state index is -0.308. The molecule has 116 valence electrons. The summed E-state index contributed by atoms with van der Waals surface area (Å²) in [5, 5.41) is 7.93. The lowest BCUT2D eigenvalue weighted by Gasteiger charge is -2.12. The Morgan fingerprint density at radius 3 is 2.78 bits per heavy atom. The Morgan fingerprint density at radius 1 is 1.30 bits per heavy atom. The summed E-state index contributed by atoms with van der Waals surface area (Å²) in [4.78, 5) is 16.7. The molecule has 0 unspecified atom stereocenters. The summed E-state index contributed by atoms with van der Waals surface area (Å²) in [6.07, 6.45) is 4.20. The minimum absolute atomic E-state index is 0.308. The fraction of sp³-hybridized carbons (Fsp3) is 0.235. The summed E-state index contributed by atoms with van der Waals surface area (Å²) < 4.78 is 1.66. The van der Waals surface area contributed by atoms with Crippen LogP contribution in [-0.2, 0) is 0 Å². The van der Waals surface area contributed by atoms with E-state index in [-0.39, 0.29) is 5.56 Å². The van der Waals surface area contributed by atoms with Crippen LogP contribution in [0.2, 0.25) is 5.02 Å². The molecule has 0 bridgehead atoms. The van der Waals surface area contributed by atoms with E-state index in [0.717, 1.165) is 11.1 Å². The topological polar surface area (TPSA) is 59.3 Å². The highest BCUT2D eigenvalue weighted by Crippen LogP contribution is 2.40. The van der Waals surface area contributed by atoms with Crippen molar-refractivity contribution in [2.24, 2.45) is 0 Å². The van der Waals surface area contributed by atoms with Gasteiger partial charge < -0.3 is 5.32 Å². The normalized spacial score (nSPS) is 14.2. The lowest BCUT2D eigenvalue weighted by atomic mass is 10.0. The van der Waals surface area contributed by atoms with E-state index in [2.05, 4.69) is 15.4 Å². The van der Waals surface area contributed by atoms with Crippen molar-refractivity contribution in [2.75, 3.05) is 12.4 Å². The van der Waals surface area contributed by atoms with Crippen LogP contribution in [0.25, 0.3) is 16.6 Å². The Bertz CT molecular complexity index is 962. The quantitative estimate of drug-likeness (QED) is 0.802. The molecule has 1 saturated carbocycles. The molecular weight excluding hydrogens is 312 g/mol. The van der Waals surface area contributed by atoms with Crippen molar-refractivity contribution in [1.29, 1.82) is 0 Å². The molecule has 2 aromatic heterocycles. The molecular formula is C17H15ClN4O. The van der Waals surface area contributed by atoms with Crippen molar-refractivity contribution < 1.29 is 0 Å². The highest BCUT2D eigenvalue weighted by Gasteiger charge is 2.25. The monoisotopic (exact) mass is 326 g/mol. The SMILES string of the molecule is CNc1nc(=O)c(-c2ccccc2Cl)c2cc(C3CC3)cnn12. The number of nitrogens with zero attached hydrogens (tertiary/aromatic N) is 3. The molecule has 0 radical (unpaired) electrons. The number of hydrogen-bond acceptors (Lipinski definition) is 4. The molecule has 0 aliphatic heterocycles. The first kappa shape index (κ1) is 14.2. The Labute approximate surface area is 137 Å². The molecule has 1 aromatic carbocycles. The molecule has 2 heterocycles. The summed E-state index contributed by atoms with van der Waals surface area (Å²) in [6, 6.07) is 9.35. The maximum absolute atomic E-state index is 12.6. The molecule has 0 saturated heterocycles. The van der Waals surface area contributed by atoms with E-state index < -0.39 is 0 Å². The number of rotatable bonds is 3. The highest BCUT2D eigenvalue weighted by atomic mass is 35.5. The van der Waals surface area contributed by atoms with E-state index in [1.807, 2.05) is 30.5 Å². The molecule has 1 fully saturated rings. The first-order valence-corrected chi connectivity index (χ1v) is 7.92. The second-order valence-corrected chi connectivity index (χ2v) is 6.11. The van der Waals surface area contributed by atoms with E-state index in [0.29, 0.717) is 28.0 Å². The van der Waals surface area contributed by atoms with Gasteiger partial charge in [0.1, 0.15) is 0 Å². The molecule has 1 aliphatic rings. The molecule has 0 amide bonds. The van der Waals surface area contributed by atoms with Gasteiger partial charge in [0.25, 0.3) is 5.56 Å². The van der Waals surface area contributed by atoms with Gasteiger partial charge in [-0.15, -0.1) is 0 Å². The molecule has 0 atom stereocenters. The number of halogens is 1. The maximum Gasteiger partial charge on any atom is 0.283 e. The fourth-order valence-corrected chi connectivity index (χ4v) is 3.05. The van der Waals surface area contributed by atoms with Gasteiger partial charge in [0.15, 0.2) is 0 Å². The summed E-state index contributed by atoms with van der Waals surface area (Å²) in [5.74, 6) is 0.969. The van der Waals surface area contributed by atoms with Crippen LogP contribution in [0.3, 0.4) is 0 Å². The van der Waals surface area contributed by atoms with Gasteiger partial charge >= 0.3 is 0 Å². The van der Waals surface area contributed by atoms with Crippen LogP contribution >= 0.6 is 11.6 Å². The van der Waals surface area contributed by atoms with E-state index >= 15 is 0 Å². The van der Waals surface area contributed by atoms with Gasteiger partial charge in [-0.3, -0.25) is 4.79 Å². The van der Waals surface area contributed by atoms with E-state index in [4.69, 9.17) is 11.6 Å². The molecule has 5 nitrogen and oxygen atoms in total. The number of anilines is 1. The number of benzene rings is 1. The molecule has 0 spiro atoms. The van der Waals surface area contributed by atoms with Crippen LogP contribution in [-0.4, -0.2) is 21.6 Å². The first-order valence-electron chi connectivity index (χ1n) is 7.54. The van der Waals surface area contributed by atoms with Crippen molar-refractivity contribution >= 4 is 23.1 Å². The minimum Gasteiger partial charge on any atom is -0.357 e. The average molecular weight is 327 g/mol. The smallest absolute Gasteiger partial charge is 0.283 e. The van der Waals surface area contributed by atoms with Gasteiger partial charge in [-0.05, 0) is 36.5 Å². The van der Waals surface area contributed by atoms with Gasteiger partial charge in [0.05, 0.1) is 17.3 Å². The number of aromatic nitrogens is 3. The fourth-order valence-electron chi connectivity index (χ4n) is 2.82. The van der Waals surface area contributed by atoms with Crippen LogP contribution in [0.4, 0.5) is 5.95 Å². The van der Waals surface area contributed by atoms with E-state index in [9.17, 15) is 4.79 Å². The molecule has 6 heteroatoms. The second-order valence-electron chi connectivity index (χ2n) is 5.71. The summed E-state index contributed by atoms with van der Waals surface area (Å²) in [6.45, 7) is 0.